The molecule has 4 heteroatoms. The van der Waals surface area contributed by atoms with Gasteiger partial charge in [-0.1, -0.05) is 34.1 Å². The van der Waals surface area contributed by atoms with Crippen LogP contribution >= 0.6 is 31.9 Å². The van der Waals surface area contributed by atoms with Crippen molar-refractivity contribution in [2.45, 2.75) is 12.8 Å². The molecule has 0 aliphatic heterocycles. The first-order valence-corrected chi connectivity index (χ1v) is 8.66. The van der Waals surface area contributed by atoms with Gasteiger partial charge in [-0.3, -0.25) is 0 Å². The smallest absolute Gasteiger partial charge is 0.133 e. The van der Waals surface area contributed by atoms with Gasteiger partial charge < -0.3 is 4.74 Å². The van der Waals surface area contributed by atoms with Crippen molar-refractivity contribution in [2.75, 3.05) is 12.4 Å². The van der Waals surface area contributed by atoms with Gasteiger partial charge in [0.1, 0.15) is 11.6 Å². The molecule has 0 spiro atoms. The van der Waals surface area contributed by atoms with Crippen LogP contribution in [-0.4, -0.2) is 12.4 Å². The molecule has 2 aromatic rings. The van der Waals surface area contributed by atoms with Gasteiger partial charge in [0.15, 0.2) is 0 Å². The molecule has 1 nitrogen and oxygen atoms in total. The van der Waals surface area contributed by atoms with Gasteiger partial charge in [0.2, 0.25) is 0 Å². The van der Waals surface area contributed by atoms with E-state index in [1.165, 1.54) is 17.7 Å². The number of hydrogen-bond donors (Lipinski definition) is 0. The number of hydrogen-bond acceptors (Lipinski definition) is 1. The number of methoxy groups -OCH3 is 1. The molecule has 1 atom stereocenters. The SMILES string of the molecule is COc1ccc(CC(CBr)Cc2ccc(F)cc2)cc1Br. The molecule has 0 radical (unpaired) electrons. The summed E-state index contributed by atoms with van der Waals surface area (Å²) in [6.45, 7) is 0. The van der Waals surface area contributed by atoms with Crippen LogP contribution in [0, 0.1) is 11.7 Å². The van der Waals surface area contributed by atoms with Crippen LogP contribution in [0.25, 0.3) is 0 Å². The van der Waals surface area contributed by atoms with Gasteiger partial charge in [0.05, 0.1) is 11.6 Å². The maximum atomic E-state index is 12.9. The molecule has 0 aromatic heterocycles. The van der Waals surface area contributed by atoms with Crippen LogP contribution in [0.1, 0.15) is 11.1 Å². The van der Waals surface area contributed by atoms with Gasteiger partial charge in [-0.25, -0.2) is 4.39 Å². The average Bonchev–Trinajstić information content (AvgIpc) is 2.49. The Kier molecular flexibility index (Phi) is 6.24. The highest BCUT2D eigenvalue weighted by Crippen LogP contribution is 2.27. The van der Waals surface area contributed by atoms with Gasteiger partial charge in [-0.15, -0.1) is 0 Å². The molecular weight excluding hydrogens is 399 g/mol. The molecule has 112 valence electrons. The van der Waals surface area contributed by atoms with Crippen molar-refractivity contribution in [3.8, 4) is 5.75 Å². The molecule has 1 unspecified atom stereocenters. The molecule has 0 heterocycles. The van der Waals surface area contributed by atoms with E-state index in [1.807, 2.05) is 18.2 Å². The Balaban J connectivity index is 2.05. The minimum Gasteiger partial charge on any atom is -0.496 e. The molecule has 21 heavy (non-hydrogen) atoms. The Morgan fingerprint density at radius 3 is 2.24 bits per heavy atom. The van der Waals surface area contributed by atoms with Crippen molar-refractivity contribution < 1.29 is 9.13 Å². The summed E-state index contributed by atoms with van der Waals surface area (Å²) in [5, 5.41) is 0.911. The van der Waals surface area contributed by atoms with E-state index in [0.29, 0.717) is 5.92 Å². The van der Waals surface area contributed by atoms with Crippen molar-refractivity contribution in [2.24, 2.45) is 5.92 Å². The van der Waals surface area contributed by atoms with Crippen LogP contribution in [0.15, 0.2) is 46.9 Å². The first kappa shape index (κ1) is 16.5. The van der Waals surface area contributed by atoms with Gasteiger partial charge in [0, 0.05) is 5.33 Å². The fraction of sp³-hybridized carbons (Fsp3) is 0.294. The lowest BCUT2D eigenvalue weighted by Gasteiger charge is -2.15. The number of ether oxygens (including phenoxy) is 1. The Morgan fingerprint density at radius 1 is 1.05 bits per heavy atom. The monoisotopic (exact) mass is 414 g/mol. The lowest BCUT2D eigenvalue weighted by molar-refractivity contribution is 0.412. The van der Waals surface area contributed by atoms with Gasteiger partial charge in [-0.2, -0.15) is 0 Å². The Morgan fingerprint density at radius 2 is 1.67 bits per heavy atom. The maximum Gasteiger partial charge on any atom is 0.133 e. The molecule has 0 aliphatic rings. The van der Waals surface area contributed by atoms with E-state index >= 15 is 0 Å². The van der Waals surface area contributed by atoms with Crippen molar-refractivity contribution >= 4 is 31.9 Å². The lowest BCUT2D eigenvalue weighted by Crippen LogP contribution is -2.10. The number of benzene rings is 2. The fourth-order valence-corrected chi connectivity index (χ4v) is 3.35. The van der Waals surface area contributed by atoms with E-state index in [4.69, 9.17) is 4.74 Å². The third-order valence-electron chi connectivity index (χ3n) is 3.40. The third kappa shape index (κ3) is 4.82. The van der Waals surface area contributed by atoms with Gasteiger partial charge in [0.25, 0.3) is 0 Å². The quantitative estimate of drug-likeness (QED) is 0.574. The summed E-state index contributed by atoms with van der Waals surface area (Å²) in [5.41, 5.74) is 2.42. The highest BCUT2D eigenvalue weighted by molar-refractivity contribution is 9.10. The molecule has 0 aliphatic carbocycles. The van der Waals surface area contributed by atoms with E-state index in [0.717, 1.165) is 34.0 Å². The first-order valence-electron chi connectivity index (χ1n) is 6.75. The summed E-state index contributed by atoms with van der Waals surface area (Å²) >= 11 is 7.10. The zero-order chi connectivity index (χ0) is 15.2. The summed E-state index contributed by atoms with van der Waals surface area (Å²) in [6.07, 6.45) is 1.89. The lowest BCUT2D eigenvalue weighted by atomic mass is 9.94. The van der Waals surface area contributed by atoms with Gasteiger partial charge >= 0.3 is 0 Å². The Bertz CT molecular complexity index is 584. The second kappa shape index (κ2) is 7.95. The largest absolute Gasteiger partial charge is 0.496 e. The number of rotatable bonds is 6. The molecule has 0 saturated carbocycles. The summed E-state index contributed by atoms with van der Waals surface area (Å²) in [5.74, 6) is 1.12. The van der Waals surface area contributed by atoms with Crippen LogP contribution in [0.3, 0.4) is 0 Å². The van der Waals surface area contributed by atoms with Crippen molar-refractivity contribution in [1.29, 1.82) is 0 Å². The average molecular weight is 416 g/mol. The van der Waals surface area contributed by atoms with Crippen LogP contribution in [0.2, 0.25) is 0 Å². The van der Waals surface area contributed by atoms with Crippen molar-refractivity contribution in [3.05, 3.63) is 63.9 Å². The number of halogens is 3. The zero-order valence-electron chi connectivity index (χ0n) is 11.8. The maximum absolute atomic E-state index is 12.9. The van der Waals surface area contributed by atoms with Crippen LogP contribution in [-0.2, 0) is 12.8 Å². The van der Waals surface area contributed by atoms with E-state index < -0.39 is 0 Å². The molecule has 0 N–H and O–H groups in total. The zero-order valence-corrected chi connectivity index (χ0v) is 15.0. The second-order valence-electron chi connectivity index (χ2n) is 5.02. The minimum atomic E-state index is -0.187. The minimum absolute atomic E-state index is 0.187. The van der Waals surface area contributed by atoms with Crippen LogP contribution in [0.4, 0.5) is 4.39 Å². The fourth-order valence-electron chi connectivity index (χ4n) is 2.31. The summed E-state index contributed by atoms with van der Waals surface area (Å²) in [6, 6.07) is 12.9. The molecule has 0 amide bonds. The van der Waals surface area contributed by atoms with Crippen LogP contribution in [0.5, 0.6) is 5.75 Å². The van der Waals surface area contributed by atoms with Crippen molar-refractivity contribution in [1.82, 2.24) is 0 Å². The summed E-state index contributed by atoms with van der Waals surface area (Å²) in [7, 11) is 1.66. The van der Waals surface area contributed by atoms with Crippen molar-refractivity contribution in [3.63, 3.8) is 0 Å². The van der Waals surface area contributed by atoms with E-state index in [9.17, 15) is 4.39 Å². The molecular formula is C17H17Br2FO. The predicted octanol–water partition coefficient (Wildman–Crippen LogP) is 5.39. The van der Waals surface area contributed by atoms with E-state index in [1.54, 1.807) is 7.11 Å². The Hall–Kier alpha value is -0.870. The Labute approximate surface area is 141 Å². The third-order valence-corrected chi connectivity index (χ3v) is 4.93. The van der Waals surface area contributed by atoms with Gasteiger partial charge in [-0.05, 0) is 70.1 Å². The normalized spacial score (nSPS) is 12.2. The highest BCUT2D eigenvalue weighted by atomic mass is 79.9. The molecule has 0 fully saturated rings. The molecule has 2 aromatic carbocycles. The topological polar surface area (TPSA) is 9.23 Å². The molecule has 2 rings (SSSR count). The van der Waals surface area contributed by atoms with E-state index in [-0.39, 0.29) is 5.82 Å². The predicted molar refractivity (Wildman–Crippen MR) is 91.8 cm³/mol. The second-order valence-corrected chi connectivity index (χ2v) is 6.53. The summed E-state index contributed by atoms with van der Waals surface area (Å²) < 4.78 is 19.2. The summed E-state index contributed by atoms with van der Waals surface area (Å²) in [4.78, 5) is 0. The number of alkyl halides is 1. The van der Waals surface area contributed by atoms with E-state index in [2.05, 4.69) is 44.0 Å². The molecule has 0 saturated heterocycles. The van der Waals surface area contributed by atoms with Crippen LogP contribution < -0.4 is 4.74 Å². The molecule has 0 bridgehead atoms. The standard InChI is InChI=1S/C17H17Br2FO/c1-21-17-7-4-13(10-16(17)19)9-14(11-18)8-12-2-5-15(20)6-3-12/h2-7,10,14H,8-9,11H2,1H3. The highest BCUT2D eigenvalue weighted by Gasteiger charge is 2.11. The first-order chi connectivity index (χ1) is 10.1.